The van der Waals surface area contributed by atoms with E-state index in [0.717, 1.165) is 30.5 Å². The summed E-state index contributed by atoms with van der Waals surface area (Å²) >= 11 is 0. The topological polar surface area (TPSA) is 86.5 Å². The summed E-state index contributed by atoms with van der Waals surface area (Å²) in [6, 6.07) is 11.2. The number of benzene rings is 1. The Labute approximate surface area is 148 Å². The number of esters is 1. The van der Waals surface area contributed by atoms with Crippen molar-refractivity contribution in [3.05, 3.63) is 47.5 Å². The van der Waals surface area contributed by atoms with Crippen molar-refractivity contribution in [3.63, 3.8) is 0 Å². The Morgan fingerprint density at radius 3 is 2.80 bits per heavy atom. The Balaban J connectivity index is 2.03. The van der Waals surface area contributed by atoms with Gasteiger partial charge in [0, 0.05) is 6.54 Å². The van der Waals surface area contributed by atoms with Crippen molar-refractivity contribution in [2.75, 3.05) is 24.7 Å². The van der Waals surface area contributed by atoms with E-state index in [1.807, 2.05) is 30.3 Å². The summed E-state index contributed by atoms with van der Waals surface area (Å²) in [7, 11) is 1.39. The molecule has 2 aromatic rings. The Morgan fingerprint density at radius 1 is 1.24 bits per heavy atom. The number of ether oxygens (including phenoxy) is 2. The third-order valence-electron chi connectivity index (χ3n) is 3.66. The molecule has 2 rings (SSSR count). The first kappa shape index (κ1) is 18.6. The largest absolute Gasteiger partial charge is 0.485 e. The zero-order valence-corrected chi connectivity index (χ0v) is 14.7. The molecule has 1 aromatic carbocycles. The standard InChI is InChI=1S/C19H25N3O3/c1-3-4-10-21-19-16(8-9-17(20)22-19)25-13-15-7-5-6-14(11-15)12-18(23)24-2/h5-9,11H,3-4,10,12-13H2,1-2H3,(H3,20,21,22). The van der Waals surface area contributed by atoms with E-state index in [1.54, 1.807) is 6.07 Å². The van der Waals surface area contributed by atoms with Gasteiger partial charge in [0.15, 0.2) is 11.6 Å². The third kappa shape index (κ3) is 5.99. The predicted molar refractivity (Wildman–Crippen MR) is 98.5 cm³/mol. The summed E-state index contributed by atoms with van der Waals surface area (Å²) in [5.74, 6) is 1.50. The fourth-order valence-corrected chi connectivity index (χ4v) is 2.32. The van der Waals surface area contributed by atoms with Crippen LogP contribution < -0.4 is 15.8 Å². The van der Waals surface area contributed by atoms with Crippen LogP contribution in [0.15, 0.2) is 36.4 Å². The molecule has 0 bridgehead atoms. The van der Waals surface area contributed by atoms with E-state index in [2.05, 4.69) is 17.2 Å². The highest BCUT2D eigenvalue weighted by molar-refractivity contribution is 5.72. The molecule has 0 atom stereocenters. The van der Waals surface area contributed by atoms with Crippen LogP contribution in [0.25, 0.3) is 0 Å². The molecule has 1 heterocycles. The van der Waals surface area contributed by atoms with Gasteiger partial charge in [-0.1, -0.05) is 37.6 Å². The number of nitrogens with zero attached hydrogens (tertiary/aromatic N) is 1. The summed E-state index contributed by atoms with van der Waals surface area (Å²) in [5, 5.41) is 3.26. The molecule has 6 heteroatoms. The number of nitrogens with two attached hydrogens (primary N) is 1. The van der Waals surface area contributed by atoms with Crippen molar-refractivity contribution in [1.82, 2.24) is 4.98 Å². The molecule has 3 N–H and O–H groups in total. The number of pyridine rings is 1. The minimum absolute atomic E-state index is 0.248. The number of nitrogen functional groups attached to an aromatic ring is 1. The lowest BCUT2D eigenvalue weighted by atomic mass is 10.1. The Kier molecular flexibility index (Phi) is 7.07. The molecule has 0 radical (unpaired) electrons. The van der Waals surface area contributed by atoms with Crippen molar-refractivity contribution < 1.29 is 14.3 Å². The molecule has 6 nitrogen and oxygen atoms in total. The minimum atomic E-state index is -0.261. The minimum Gasteiger partial charge on any atom is -0.485 e. The van der Waals surface area contributed by atoms with E-state index in [1.165, 1.54) is 7.11 Å². The van der Waals surface area contributed by atoms with Crippen molar-refractivity contribution in [2.24, 2.45) is 0 Å². The monoisotopic (exact) mass is 343 g/mol. The molecule has 0 spiro atoms. The summed E-state index contributed by atoms with van der Waals surface area (Å²) in [6.45, 7) is 3.33. The molecule has 0 fully saturated rings. The second kappa shape index (κ2) is 9.52. The molecule has 134 valence electrons. The van der Waals surface area contributed by atoms with Crippen LogP contribution in [0.1, 0.15) is 30.9 Å². The molecule has 0 saturated carbocycles. The number of carbonyl (C=O) groups is 1. The highest BCUT2D eigenvalue weighted by Gasteiger charge is 2.08. The number of rotatable bonds is 9. The first-order chi connectivity index (χ1) is 12.1. The van der Waals surface area contributed by atoms with Gasteiger partial charge in [0.05, 0.1) is 13.5 Å². The van der Waals surface area contributed by atoms with Gasteiger partial charge in [-0.25, -0.2) is 4.98 Å². The summed E-state index contributed by atoms with van der Waals surface area (Å²) in [4.78, 5) is 15.7. The van der Waals surface area contributed by atoms with Crippen molar-refractivity contribution in [3.8, 4) is 5.75 Å². The van der Waals surface area contributed by atoms with Gasteiger partial charge in [-0.15, -0.1) is 0 Å². The van der Waals surface area contributed by atoms with Gasteiger partial charge in [-0.05, 0) is 29.7 Å². The van der Waals surface area contributed by atoms with Gasteiger partial charge >= 0.3 is 5.97 Å². The maximum Gasteiger partial charge on any atom is 0.309 e. The zero-order valence-electron chi connectivity index (χ0n) is 14.7. The first-order valence-electron chi connectivity index (χ1n) is 8.40. The first-order valence-corrected chi connectivity index (χ1v) is 8.40. The second-order valence-electron chi connectivity index (χ2n) is 5.72. The summed E-state index contributed by atoms with van der Waals surface area (Å²) in [5.41, 5.74) is 7.63. The average Bonchev–Trinajstić information content (AvgIpc) is 2.61. The number of unbranched alkanes of at least 4 members (excludes halogenated alkanes) is 1. The number of carbonyl (C=O) groups excluding carboxylic acids is 1. The molecule has 0 saturated heterocycles. The van der Waals surface area contributed by atoms with Crippen LogP contribution in [0.4, 0.5) is 11.6 Å². The third-order valence-corrected chi connectivity index (χ3v) is 3.66. The Morgan fingerprint density at radius 2 is 2.04 bits per heavy atom. The number of nitrogens with one attached hydrogen (secondary N) is 1. The van der Waals surface area contributed by atoms with Gasteiger partial charge in [0.2, 0.25) is 0 Å². The molecule has 0 amide bonds. The Bertz CT molecular complexity index is 704. The van der Waals surface area contributed by atoms with E-state index >= 15 is 0 Å². The van der Waals surface area contributed by atoms with Gasteiger partial charge in [0.25, 0.3) is 0 Å². The number of aromatic nitrogens is 1. The zero-order chi connectivity index (χ0) is 18.1. The van der Waals surface area contributed by atoms with Gasteiger partial charge in [-0.3, -0.25) is 4.79 Å². The van der Waals surface area contributed by atoms with E-state index in [4.69, 9.17) is 15.2 Å². The summed E-state index contributed by atoms with van der Waals surface area (Å²) < 4.78 is 10.6. The summed E-state index contributed by atoms with van der Waals surface area (Å²) in [6.07, 6.45) is 2.39. The van der Waals surface area contributed by atoms with Crippen LogP contribution in [0.5, 0.6) is 5.75 Å². The molecule has 25 heavy (non-hydrogen) atoms. The molecular formula is C19H25N3O3. The van der Waals surface area contributed by atoms with E-state index in [9.17, 15) is 4.79 Å². The van der Waals surface area contributed by atoms with Crippen molar-refractivity contribution in [1.29, 1.82) is 0 Å². The predicted octanol–water partition coefficient (Wildman–Crippen LogP) is 3.17. The van der Waals surface area contributed by atoms with Crippen molar-refractivity contribution in [2.45, 2.75) is 32.8 Å². The van der Waals surface area contributed by atoms with Crippen LogP contribution in [-0.4, -0.2) is 24.6 Å². The van der Waals surface area contributed by atoms with Crippen LogP contribution in [0, 0.1) is 0 Å². The lowest BCUT2D eigenvalue weighted by Crippen LogP contribution is -2.08. The van der Waals surface area contributed by atoms with Gasteiger partial charge in [0.1, 0.15) is 12.4 Å². The fourth-order valence-electron chi connectivity index (χ4n) is 2.32. The average molecular weight is 343 g/mol. The molecule has 0 aliphatic heterocycles. The van der Waals surface area contributed by atoms with Crippen LogP contribution in [0.3, 0.4) is 0 Å². The Hall–Kier alpha value is -2.76. The lowest BCUT2D eigenvalue weighted by molar-refractivity contribution is -0.139. The second-order valence-corrected chi connectivity index (χ2v) is 5.72. The number of hydrogen-bond donors (Lipinski definition) is 2. The van der Waals surface area contributed by atoms with E-state index in [-0.39, 0.29) is 12.4 Å². The van der Waals surface area contributed by atoms with Crippen molar-refractivity contribution >= 4 is 17.6 Å². The van der Waals surface area contributed by atoms with E-state index < -0.39 is 0 Å². The normalized spacial score (nSPS) is 10.3. The smallest absolute Gasteiger partial charge is 0.309 e. The van der Waals surface area contributed by atoms with Crippen LogP contribution in [0.2, 0.25) is 0 Å². The molecule has 0 unspecified atom stereocenters. The highest BCUT2D eigenvalue weighted by Crippen LogP contribution is 2.24. The van der Waals surface area contributed by atoms with Gasteiger partial charge in [-0.2, -0.15) is 0 Å². The van der Waals surface area contributed by atoms with Crippen LogP contribution in [-0.2, 0) is 22.6 Å². The number of methoxy groups -OCH3 is 1. The number of anilines is 2. The molecule has 0 aliphatic carbocycles. The van der Waals surface area contributed by atoms with Gasteiger partial charge < -0.3 is 20.5 Å². The molecule has 1 aromatic heterocycles. The SMILES string of the molecule is CCCCNc1nc(N)ccc1OCc1cccc(CC(=O)OC)c1. The lowest BCUT2D eigenvalue weighted by Gasteiger charge is -2.13. The van der Waals surface area contributed by atoms with Crippen LogP contribution >= 0.6 is 0 Å². The maximum absolute atomic E-state index is 11.4. The number of hydrogen-bond acceptors (Lipinski definition) is 6. The highest BCUT2D eigenvalue weighted by atomic mass is 16.5. The fraction of sp³-hybridized carbons (Fsp3) is 0.368. The molecular weight excluding hydrogens is 318 g/mol. The maximum atomic E-state index is 11.4. The van der Waals surface area contributed by atoms with E-state index in [0.29, 0.717) is 24.0 Å². The molecule has 0 aliphatic rings. The quantitative estimate of drug-likeness (QED) is 0.537.